The van der Waals surface area contributed by atoms with E-state index in [4.69, 9.17) is 33.2 Å². The number of ketones is 1. The average Bonchev–Trinajstić information content (AvgIpc) is 3.57. The Balaban J connectivity index is 1.37. The molecule has 0 aliphatic carbocycles. The third-order valence-corrected chi connectivity index (χ3v) is 15.3. The number of aliphatic hydroxyl groups is 2. The van der Waals surface area contributed by atoms with Crippen LogP contribution in [0, 0.1) is 41.4 Å². The molecule has 13 nitrogen and oxygen atoms in total. The van der Waals surface area contributed by atoms with E-state index < -0.39 is 71.0 Å². The fourth-order valence-electron chi connectivity index (χ4n) is 11.1. The van der Waals surface area contributed by atoms with Gasteiger partial charge in [-0.15, -0.1) is 0 Å². The van der Waals surface area contributed by atoms with E-state index in [0.29, 0.717) is 57.8 Å². The summed E-state index contributed by atoms with van der Waals surface area (Å²) in [7, 11) is 3.25. The van der Waals surface area contributed by atoms with E-state index in [2.05, 4.69) is 27.4 Å². The fourth-order valence-corrected chi connectivity index (χ4v) is 11.1. The lowest BCUT2D eigenvalue weighted by Gasteiger charge is -2.54. The van der Waals surface area contributed by atoms with Crippen LogP contribution in [0.5, 0.6) is 0 Å². The molecule has 5 heterocycles. The lowest BCUT2D eigenvalue weighted by Crippen LogP contribution is -2.63. The number of carbonyl (C=O) groups excluding carboxylic acids is 3. The summed E-state index contributed by atoms with van der Waals surface area (Å²) >= 11 is 0. The monoisotopic (exact) mass is 862 g/mol. The number of hydrogen-bond donors (Lipinski definition) is 2. The van der Waals surface area contributed by atoms with Gasteiger partial charge >= 0.3 is 12.1 Å². The largest absolute Gasteiger partial charge is 0.461 e. The number of rotatable bonds is 15. The third-order valence-electron chi connectivity index (χ3n) is 15.3. The number of esters is 1. The molecule has 2 N–H and O–H groups in total. The van der Waals surface area contributed by atoms with Gasteiger partial charge in [0, 0.05) is 44.2 Å². The first-order chi connectivity index (χ1) is 28.6. The highest BCUT2D eigenvalue weighted by molar-refractivity contribution is 5.84. The molecule has 4 fully saturated rings. The second-order valence-corrected chi connectivity index (χ2v) is 19.7. The summed E-state index contributed by atoms with van der Waals surface area (Å²) in [5, 5.41) is 23.1. The Bertz CT molecular complexity index is 1570. The van der Waals surface area contributed by atoms with Crippen molar-refractivity contribution in [1.82, 2.24) is 4.90 Å². The Morgan fingerprint density at radius 3 is 2.23 bits per heavy atom. The molecule has 18 atom stereocenters. The SMILES string of the molecule is C=CCOC(=O)[C@H](CC)[C@H]1CCC(C)[C@H]([C@@H](C)[C@H](O)[C@H](C)C(=O)[C@H](CC)[C@H]2O[C@]3(C=C[C@@H](OC(=O)N(C)C)[C@]4(CC[C@@](C)([C@H]5CC[C@](O)(CC)[C@H](C)O5)O4)O3)[C@H](C)C[C@@H]2C)O1. The van der Waals surface area contributed by atoms with Gasteiger partial charge in [0.2, 0.25) is 5.79 Å². The summed E-state index contributed by atoms with van der Waals surface area (Å²) in [5.74, 6) is -5.29. The number of Topliss-reactive ketones (excluding diaryl/α,β-unsaturated/α-hetero) is 1. The van der Waals surface area contributed by atoms with E-state index >= 15 is 0 Å². The van der Waals surface area contributed by atoms with Gasteiger partial charge in [-0.25, -0.2) is 4.79 Å². The molecule has 5 rings (SSSR count). The molecule has 2 spiro atoms. The van der Waals surface area contributed by atoms with Crippen LogP contribution in [0.15, 0.2) is 24.8 Å². The Hall–Kier alpha value is -2.39. The minimum Gasteiger partial charge on any atom is -0.461 e. The van der Waals surface area contributed by atoms with Crippen LogP contribution in [-0.2, 0) is 42.7 Å². The Morgan fingerprint density at radius 2 is 1.62 bits per heavy atom. The Morgan fingerprint density at radius 1 is 0.934 bits per heavy atom. The van der Waals surface area contributed by atoms with Crippen LogP contribution in [0.2, 0.25) is 0 Å². The number of aliphatic hydroxyl groups excluding tert-OH is 1. The van der Waals surface area contributed by atoms with Gasteiger partial charge in [-0.3, -0.25) is 9.59 Å². The van der Waals surface area contributed by atoms with Gasteiger partial charge in [0.25, 0.3) is 0 Å². The first-order valence-electron chi connectivity index (χ1n) is 23.3. The van der Waals surface area contributed by atoms with Crippen LogP contribution in [-0.4, -0.2) is 119 Å². The molecule has 0 aromatic rings. The number of hydrogen-bond acceptors (Lipinski definition) is 12. The van der Waals surface area contributed by atoms with Gasteiger partial charge in [0.1, 0.15) is 12.4 Å². The third kappa shape index (κ3) is 9.98. The van der Waals surface area contributed by atoms with Crippen LogP contribution >= 0.6 is 0 Å². The highest BCUT2D eigenvalue weighted by Crippen LogP contribution is 2.54. The second-order valence-electron chi connectivity index (χ2n) is 19.7. The molecule has 1 amide bonds. The van der Waals surface area contributed by atoms with Crippen LogP contribution in [0.4, 0.5) is 4.79 Å². The minimum absolute atomic E-state index is 0.0213. The molecule has 0 aromatic heterocycles. The molecule has 348 valence electrons. The van der Waals surface area contributed by atoms with E-state index in [-0.39, 0.29) is 60.3 Å². The fraction of sp³-hybridized carbons (Fsp3) is 0.854. The maximum absolute atomic E-state index is 14.7. The highest BCUT2D eigenvalue weighted by Gasteiger charge is 2.64. The molecule has 5 aliphatic rings. The molecule has 0 bridgehead atoms. The molecule has 0 saturated carbocycles. The van der Waals surface area contributed by atoms with Crippen molar-refractivity contribution in [2.24, 2.45) is 41.4 Å². The van der Waals surface area contributed by atoms with E-state index in [1.807, 2.05) is 53.7 Å². The number of carbonyl (C=O) groups is 3. The number of amides is 1. The minimum atomic E-state index is -1.42. The zero-order chi connectivity index (χ0) is 45.2. The predicted octanol–water partition coefficient (Wildman–Crippen LogP) is 7.54. The van der Waals surface area contributed by atoms with E-state index in [1.54, 1.807) is 27.1 Å². The molecule has 61 heavy (non-hydrogen) atoms. The van der Waals surface area contributed by atoms with Gasteiger partial charge in [0.05, 0.1) is 53.7 Å². The van der Waals surface area contributed by atoms with Crippen LogP contribution in [0.25, 0.3) is 0 Å². The van der Waals surface area contributed by atoms with Crippen LogP contribution in [0.3, 0.4) is 0 Å². The highest BCUT2D eigenvalue weighted by atomic mass is 16.8. The van der Waals surface area contributed by atoms with Crippen LogP contribution in [0.1, 0.15) is 133 Å². The van der Waals surface area contributed by atoms with Crippen molar-refractivity contribution in [3.63, 3.8) is 0 Å². The normalized spacial score (nSPS) is 41.4. The standard InChI is InChI=1S/C48H79NO12/c1-14-26-55-43(52)34(15-2)36-19-18-28(5)41(57-36)32(9)39(50)31(8)40(51)35(16-3)42-29(6)27-30(7)47(59-42)23-21-38(58-44(53)49(12)13)48(61-47)25-24-45(11,60-48)37-20-22-46(54,17-4)33(10)56-37/h14,21,23,28-39,41-42,50,54H,1,15-20,22,24-27H2,2-13H3/t28?,29-,30+,31-,32-,33-,34+,35-,36+,37+,38+,39+,41+,42-,45-,46+,47-,48-/m0/s1. The Labute approximate surface area is 365 Å². The first kappa shape index (κ1) is 49.6. The van der Waals surface area contributed by atoms with E-state index in [0.717, 1.165) is 6.42 Å². The van der Waals surface area contributed by atoms with Gasteiger partial charge in [-0.1, -0.05) is 68.0 Å². The predicted molar refractivity (Wildman–Crippen MR) is 230 cm³/mol. The number of ether oxygens (including phenoxy) is 7. The maximum Gasteiger partial charge on any atom is 0.410 e. The van der Waals surface area contributed by atoms with Crippen molar-refractivity contribution in [1.29, 1.82) is 0 Å². The summed E-state index contributed by atoms with van der Waals surface area (Å²) in [4.78, 5) is 42.1. The topological polar surface area (TPSA) is 160 Å². The first-order valence-corrected chi connectivity index (χ1v) is 23.3. The molecule has 0 radical (unpaired) electrons. The summed E-state index contributed by atoms with van der Waals surface area (Å²) in [5.41, 5.74) is -1.73. The van der Waals surface area contributed by atoms with Crippen molar-refractivity contribution in [3.05, 3.63) is 24.8 Å². The van der Waals surface area contributed by atoms with Gasteiger partial charge in [-0.2, -0.15) is 0 Å². The summed E-state index contributed by atoms with van der Waals surface area (Å²) < 4.78 is 45.9. The lowest BCUT2D eigenvalue weighted by atomic mass is 9.72. The van der Waals surface area contributed by atoms with Crippen molar-refractivity contribution in [2.45, 2.75) is 199 Å². The molecule has 1 unspecified atom stereocenters. The van der Waals surface area contributed by atoms with E-state index in [9.17, 15) is 24.6 Å². The van der Waals surface area contributed by atoms with Crippen LogP contribution < -0.4 is 0 Å². The smallest absolute Gasteiger partial charge is 0.410 e. The van der Waals surface area contributed by atoms with E-state index in [1.165, 1.54) is 4.90 Å². The molecular formula is C48H79NO12. The number of nitrogens with zero attached hydrogens (tertiary/aromatic N) is 1. The zero-order valence-corrected chi connectivity index (χ0v) is 39.2. The van der Waals surface area contributed by atoms with Crippen molar-refractivity contribution in [3.8, 4) is 0 Å². The zero-order valence-electron chi connectivity index (χ0n) is 39.2. The van der Waals surface area contributed by atoms with Gasteiger partial charge in [-0.05, 0) is 95.6 Å². The summed E-state index contributed by atoms with van der Waals surface area (Å²) in [6.45, 7) is 23.6. The summed E-state index contributed by atoms with van der Waals surface area (Å²) in [6, 6.07) is 0. The van der Waals surface area contributed by atoms with Crippen molar-refractivity contribution >= 4 is 17.8 Å². The van der Waals surface area contributed by atoms with Crippen molar-refractivity contribution < 1.29 is 57.8 Å². The molecular weight excluding hydrogens is 783 g/mol. The Kier molecular flexibility index (Phi) is 16.1. The van der Waals surface area contributed by atoms with Gasteiger partial charge in [0.15, 0.2) is 11.9 Å². The van der Waals surface area contributed by atoms with Gasteiger partial charge < -0.3 is 48.3 Å². The second kappa shape index (κ2) is 19.8. The molecule has 5 aliphatic heterocycles. The lowest BCUT2D eigenvalue weighted by molar-refractivity contribution is -0.408. The summed E-state index contributed by atoms with van der Waals surface area (Å²) in [6.07, 6.45) is 6.74. The van der Waals surface area contributed by atoms with Crippen molar-refractivity contribution in [2.75, 3.05) is 20.7 Å². The average molecular weight is 862 g/mol. The molecule has 13 heteroatoms. The maximum atomic E-state index is 14.7. The quantitative estimate of drug-likeness (QED) is 0.123. The molecule has 0 aromatic carbocycles. The molecule has 4 saturated heterocycles.